The minimum absolute atomic E-state index is 0.561. The monoisotopic (exact) mass is 281 g/mol. The summed E-state index contributed by atoms with van der Waals surface area (Å²) in [5.41, 5.74) is 11.1. The first-order valence-electron chi connectivity index (χ1n) is 7.74. The van der Waals surface area contributed by atoms with Crippen LogP contribution in [0.25, 0.3) is 0 Å². The highest BCUT2D eigenvalue weighted by molar-refractivity contribution is 5.50. The molecule has 21 heavy (non-hydrogen) atoms. The molecule has 1 aliphatic carbocycles. The van der Waals surface area contributed by atoms with E-state index < -0.39 is 0 Å². The van der Waals surface area contributed by atoms with Gasteiger partial charge in [-0.3, -0.25) is 0 Å². The van der Waals surface area contributed by atoms with Gasteiger partial charge in [0, 0.05) is 31.4 Å². The van der Waals surface area contributed by atoms with E-state index in [0.29, 0.717) is 6.54 Å². The number of anilines is 1. The molecule has 1 aromatic carbocycles. The van der Waals surface area contributed by atoms with Crippen LogP contribution in [0.5, 0.6) is 0 Å². The molecule has 0 unspecified atom stereocenters. The third-order valence-electron chi connectivity index (χ3n) is 4.27. The van der Waals surface area contributed by atoms with Gasteiger partial charge in [-0.25, -0.2) is 4.98 Å². The number of aryl methyl sites for hydroxylation is 2. The molecule has 0 saturated carbocycles. The molecule has 0 atom stereocenters. The van der Waals surface area contributed by atoms with Crippen molar-refractivity contribution in [2.75, 3.05) is 18.5 Å². The zero-order chi connectivity index (χ0) is 14.7. The van der Waals surface area contributed by atoms with Crippen molar-refractivity contribution in [2.24, 2.45) is 5.73 Å². The molecule has 0 fully saturated rings. The lowest BCUT2D eigenvalue weighted by atomic mass is 10.1. The summed E-state index contributed by atoms with van der Waals surface area (Å²) in [6.45, 7) is 1.52. The van der Waals surface area contributed by atoms with Gasteiger partial charge in [-0.05, 0) is 42.9 Å². The number of rotatable bonds is 5. The number of benzene rings is 1. The van der Waals surface area contributed by atoms with Crippen molar-refractivity contribution in [3.63, 3.8) is 0 Å². The predicted molar refractivity (Wildman–Crippen MR) is 87.6 cm³/mol. The molecular formula is C18H23N3. The van der Waals surface area contributed by atoms with E-state index in [1.807, 2.05) is 0 Å². The number of pyridine rings is 1. The number of aromatic nitrogens is 1. The average Bonchev–Trinajstić information content (AvgIpc) is 2.99. The van der Waals surface area contributed by atoms with Crippen LogP contribution in [-0.4, -0.2) is 18.6 Å². The average molecular weight is 281 g/mol. The van der Waals surface area contributed by atoms with E-state index in [1.165, 1.54) is 28.8 Å². The highest BCUT2D eigenvalue weighted by Gasteiger charge is 2.17. The number of hydrogen-bond acceptors (Lipinski definition) is 3. The maximum Gasteiger partial charge on any atom is 0.133 e. The summed E-state index contributed by atoms with van der Waals surface area (Å²) in [6.07, 6.45) is 4.52. The van der Waals surface area contributed by atoms with Crippen LogP contribution in [-0.2, 0) is 25.8 Å². The zero-order valence-electron chi connectivity index (χ0n) is 12.7. The van der Waals surface area contributed by atoms with Gasteiger partial charge in [-0.15, -0.1) is 0 Å². The second kappa shape index (κ2) is 6.27. The van der Waals surface area contributed by atoms with E-state index in [-0.39, 0.29) is 0 Å². The van der Waals surface area contributed by atoms with Gasteiger partial charge in [0.25, 0.3) is 0 Å². The summed E-state index contributed by atoms with van der Waals surface area (Å²) in [6, 6.07) is 12.9. The Balaban J connectivity index is 1.76. The second-order valence-electron chi connectivity index (χ2n) is 5.79. The third kappa shape index (κ3) is 3.08. The molecule has 0 spiro atoms. The van der Waals surface area contributed by atoms with Gasteiger partial charge in [0.15, 0.2) is 0 Å². The largest absolute Gasteiger partial charge is 0.359 e. The van der Waals surface area contributed by atoms with Crippen LogP contribution in [0.2, 0.25) is 0 Å². The Labute approximate surface area is 126 Å². The molecule has 0 bridgehead atoms. The molecule has 1 heterocycles. The number of nitrogens with two attached hydrogens (primary N) is 1. The molecule has 1 aromatic heterocycles. The van der Waals surface area contributed by atoms with Gasteiger partial charge in [0.2, 0.25) is 0 Å². The van der Waals surface area contributed by atoms with E-state index in [4.69, 9.17) is 10.7 Å². The molecule has 0 amide bonds. The van der Waals surface area contributed by atoms with Crippen LogP contribution in [0.4, 0.5) is 5.82 Å². The highest BCUT2D eigenvalue weighted by atomic mass is 15.2. The quantitative estimate of drug-likeness (QED) is 0.916. The molecule has 2 aromatic rings. The third-order valence-corrected chi connectivity index (χ3v) is 4.27. The maximum atomic E-state index is 5.92. The van der Waals surface area contributed by atoms with E-state index >= 15 is 0 Å². The molecule has 3 heteroatoms. The topological polar surface area (TPSA) is 42.2 Å². The molecule has 2 N–H and O–H groups in total. The minimum atomic E-state index is 0.561. The number of likely N-dealkylation sites (N-methyl/N-ethyl adjacent to an activating group) is 1. The normalized spacial score (nSPS) is 13.2. The first kappa shape index (κ1) is 14.1. The molecule has 0 aliphatic heterocycles. The summed E-state index contributed by atoms with van der Waals surface area (Å²) in [5.74, 6) is 1.06. The van der Waals surface area contributed by atoms with Gasteiger partial charge < -0.3 is 10.6 Å². The second-order valence-corrected chi connectivity index (χ2v) is 5.79. The van der Waals surface area contributed by atoms with Crippen molar-refractivity contribution in [3.8, 4) is 0 Å². The number of nitrogens with zero attached hydrogens (tertiary/aromatic N) is 2. The molecule has 3 rings (SSSR count). The van der Waals surface area contributed by atoms with Crippen LogP contribution in [0.3, 0.4) is 0 Å². The van der Waals surface area contributed by atoms with Crippen molar-refractivity contribution in [1.82, 2.24) is 4.98 Å². The zero-order valence-corrected chi connectivity index (χ0v) is 12.7. The van der Waals surface area contributed by atoms with E-state index in [9.17, 15) is 0 Å². The van der Waals surface area contributed by atoms with Gasteiger partial charge >= 0.3 is 0 Å². The van der Waals surface area contributed by atoms with E-state index in [0.717, 1.165) is 31.6 Å². The fourth-order valence-electron chi connectivity index (χ4n) is 3.04. The van der Waals surface area contributed by atoms with Crippen molar-refractivity contribution in [1.29, 1.82) is 0 Å². The molecule has 110 valence electrons. The van der Waals surface area contributed by atoms with E-state index in [2.05, 4.69) is 48.3 Å². The SMILES string of the molecule is CN(CCc1ccccc1)c1nc2c(cc1CN)CCC2. The Bertz CT molecular complexity index is 607. The van der Waals surface area contributed by atoms with Crippen LogP contribution in [0, 0.1) is 0 Å². The lowest BCUT2D eigenvalue weighted by Gasteiger charge is -2.22. The van der Waals surface area contributed by atoms with Crippen molar-refractivity contribution < 1.29 is 0 Å². The maximum absolute atomic E-state index is 5.92. The van der Waals surface area contributed by atoms with Crippen LogP contribution < -0.4 is 10.6 Å². The smallest absolute Gasteiger partial charge is 0.133 e. The fourth-order valence-corrected chi connectivity index (χ4v) is 3.04. The number of fused-ring (bicyclic) bond motifs is 1. The summed E-state index contributed by atoms with van der Waals surface area (Å²) >= 11 is 0. The van der Waals surface area contributed by atoms with Crippen molar-refractivity contribution >= 4 is 5.82 Å². The summed E-state index contributed by atoms with van der Waals surface area (Å²) in [7, 11) is 2.12. The lowest BCUT2D eigenvalue weighted by molar-refractivity contribution is 0.836. The van der Waals surface area contributed by atoms with Crippen LogP contribution >= 0.6 is 0 Å². The Hall–Kier alpha value is -1.87. The Kier molecular flexibility index (Phi) is 4.20. The molecule has 3 nitrogen and oxygen atoms in total. The Morgan fingerprint density at radius 1 is 1.19 bits per heavy atom. The summed E-state index contributed by atoms with van der Waals surface area (Å²) < 4.78 is 0. The van der Waals surface area contributed by atoms with Crippen LogP contribution in [0.15, 0.2) is 36.4 Å². The number of hydrogen-bond donors (Lipinski definition) is 1. The van der Waals surface area contributed by atoms with Crippen molar-refractivity contribution in [3.05, 3.63) is 58.8 Å². The standard InChI is InChI=1S/C18H23N3/c1-21(11-10-14-6-3-2-4-7-14)18-16(13-19)12-15-8-5-9-17(15)20-18/h2-4,6-7,12H,5,8-11,13,19H2,1H3. The first-order chi connectivity index (χ1) is 10.3. The Morgan fingerprint density at radius 3 is 2.76 bits per heavy atom. The summed E-state index contributed by atoms with van der Waals surface area (Å²) in [4.78, 5) is 7.13. The molecule has 0 radical (unpaired) electrons. The van der Waals surface area contributed by atoms with E-state index in [1.54, 1.807) is 0 Å². The first-order valence-corrected chi connectivity index (χ1v) is 7.74. The Morgan fingerprint density at radius 2 is 2.00 bits per heavy atom. The summed E-state index contributed by atoms with van der Waals surface area (Å²) in [5, 5.41) is 0. The van der Waals surface area contributed by atoms with Gasteiger partial charge in [-0.2, -0.15) is 0 Å². The molecular weight excluding hydrogens is 258 g/mol. The molecule has 1 aliphatic rings. The highest BCUT2D eigenvalue weighted by Crippen LogP contribution is 2.26. The lowest BCUT2D eigenvalue weighted by Crippen LogP contribution is -2.24. The minimum Gasteiger partial charge on any atom is -0.359 e. The van der Waals surface area contributed by atoms with Gasteiger partial charge in [0.1, 0.15) is 5.82 Å². The fraction of sp³-hybridized carbons (Fsp3) is 0.389. The van der Waals surface area contributed by atoms with Crippen LogP contribution in [0.1, 0.15) is 28.8 Å². The molecule has 0 saturated heterocycles. The van der Waals surface area contributed by atoms with Gasteiger partial charge in [0.05, 0.1) is 0 Å². The van der Waals surface area contributed by atoms with Gasteiger partial charge in [-0.1, -0.05) is 30.3 Å². The predicted octanol–water partition coefficient (Wildman–Crippen LogP) is 2.71. The van der Waals surface area contributed by atoms with Crippen molar-refractivity contribution in [2.45, 2.75) is 32.2 Å².